The average Bonchev–Trinajstić information content (AvgIpc) is 3.92. The highest BCUT2D eigenvalue weighted by atomic mass is 16.3. The van der Waals surface area contributed by atoms with Crippen molar-refractivity contribution in [2.45, 2.75) is 69.1 Å². The van der Waals surface area contributed by atoms with Crippen LogP contribution in [0.25, 0.3) is 21.9 Å². The standard InChI is InChI=1S/C53H48N2O/c1-4-14-39(15-5-1)40-22-28-45(29-23-40)54(43-16-6-2-7-17-43)46-30-24-41(25-31-46)53(36-12-13-37-53)42-26-32-47(33-27-42)55(44-18-8-3-9-19-44)48-34-35-52-50(38-48)49-20-10-11-21-51(49)56-52/h2-3,6-11,16-35,38-39H,1,4-5,12-15,36-37H2. The lowest BCUT2D eigenvalue weighted by Crippen LogP contribution is -2.24. The molecule has 10 rings (SSSR count). The van der Waals surface area contributed by atoms with E-state index in [9.17, 15) is 0 Å². The van der Waals surface area contributed by atoms with Gasteiger partial charge in [-0.25, -0.2) is 0 Å². The number of anilines is 6. The van der Waals surface area contributed by atoms with Gasteiger partial charge in [0.25, 0.3) is 0 Å². The summed E-state index contributed by atoms with van der Waals surface area (Å²) in [6.07, 6.45) is 11.5. The molecular weight excluding hydrogens is 681 g/mol. The predicted octanol–water partition coefficient (Wildman–Crippen LogP) is 15.4. The number of rotatable bonds is 9. The van der Waals surface area contributed by atoms with E-state index in [0.717, 1.165) is 51.8 Å². The van der Waals surface area contributed by atoms with Gasteiger partial charge in [-0.3, -0.25) is 0 Å². The van der Waals surface area contributed by atoms with Gasteiger partial charge in [-0.2, -0.15) is 0 Å². The summed E-state index contributed by atoms with van der Waals surface area (Å²) in [7, 11) is 0. The zero-order valence-electron chi connectivity index (χ0n) is 32.0. The molecule has 3 nitrogen and oxygen atoms in total. The van der Waals surface area contributed by atoms with Gasteiger partial charge in [0.1, 0.15) is 11.2 Å². The van der Waals surface area contributed by atoms with Crippen LogP contribution in [0.4, 0.5) is 34.1 Å². The highest BCUT2D eigenvalue weighted by molar-refractivity contribution is 6.06. The Morgan fingerprint density at radius 2 is 0.857 bits per heavy atom. The Labute approximate surface area is 330 Å². The summed E-state index contributed by atoms with van der Waals surface area (Å²) in [5.74, 6) is 0.701. The van der Waals surface area contributed by atoms with Crippen molar-refractivity contribution < 1.29 is 4.42 Å². The quantitative estimate of drug-likeness (QED) is 0.148. The molecule has 0 spiro atoms. The Morgan fingerprint density at radius 3 is 1.45 bits per heavy atom. The summed E-state index contributed by atoms with van der Waals surface area (Å²) in [4.78, 5) is 4.77. The second-order valence-electron chi connectivity index (χ2n) is 15.9. The summed E-state index contributed by atoms with van der Waals surface area (Å²) in [6, 6.07) is 64.7. The van der Waals surface area contributed by atoms with Crippen LogP contribution < -0.4 is 9.80 Å². The molecule has 2 saturated carbocycles. The highest BCUT2D eigenvalue weighted by Gasteiger charge is 2.37. The molecule has 1 heterocycles. The maximum absolute atomic E-state index is 6.19. The van der Waals surface area contributed by atoms with Gasteiger partial charge in [0.2, 0.25) is 0 Å². The number of nitrogens with zero attached hydrogens (tertiary/aromatic N) is 2. The Hall–Kier alpha value is -6.06. The fourth-order valence-electron chi connectivity index (χ4n) is 9.81. The minimum absolute atomic E-state index is 0.0114. The Kier molecular flexibility index (Phi) is 9.15. The molecule has 1 aromatic heterocycles. The topological polar surface area (TPSA) is 19.6 Å². The number of para-hydroxylation sites is 3. The van der Waals surface area contributed by atoms with Crippen LogP contribution in [-0.4, -0.2) is 0 Å². The van der Waals surface area contributed by atoms with Crippen molar-refractivity contribution in [2.24, 2.45) is 0 Å². The summed E-state index contributed by atoms with van der Waals surface area (Å²) in [6.45, 7) is 0. The van der Waals surface area contributed by atoms with E-state index >= 15 is 0 Å². The summed E-state index contributed by atoms with van der Waals surface area (Å²) in [5.41, 5.74) is 13.1. The fourth-order valence-corrected chi connectivity index (χ4v) is 9.81. The highest BCUT2D eigenvalue weighted by Crippen LogP contribution is 2.48. The molecule has 0 saturated heterocycles. The van der Waals surface area contributed by atoms with Crippen LogP contribution in [0.1, 0.15) is 80.4 Å². The van der Waals surface area contributed by atoms with E-state index in [1.165, 1.54) is 78.7 Å². The lowest BCUT2D eigenvalue weighted by Gasteiger charge is -2.33. The van der Waals surface area contributed by atoms with Crippen molar-refractivity contribution >= 4 is 56.1 Å². The minimum atomic E-state index is -0.0114. The van der Waals surface area contributed by atoms with Gasteiger partial charge in [0.05, 0.1) is 0 Å². The van der Waals surface area contributed by atoms with Crippen molar-refractivity contribution in [3.05, 3.63) is 193 Å². The third-order valence-corrected chi connectivity index (χ3v) is 12.7. The molecule has 276 valence electrons. The van der Waals surface area contributed by atoms with Gasteiger partial charge in [0, 0.05) is 50.3 Å². The monoisotopic (exact) mass is 728 g/mol. The number of fused-ring (bicyclic) bond motifs is 3. The normalized spacial score (nSPS) is 15.6. The molecule has 0 N–H and O–H groups in total. The molecule has 8 aromatic rings. The Bertz CT molecular complexity index is 2540. The second-order valence-corrected chi connectivity index (χ2v) is 15.9. The molecule has 2 aliphatic rings. The molecular formula is C53H48N2O. The molecule has 3 heteroatoms. The number of furan rings is 1. The third kappa shape index (κ3) is 6.35. The van der Waals surface area contributed by atoms with Crippen molar-refractivity contribution in [1.82, 2.24) is 0 Å². The van der Waals surface area contributed by atoms with E-state index in [1.54, 1.807) is 0 Å². The Morgan fingerprint density at radius 1 is 0.393 bits per heavy atom. The van der Waals surface area contributed by atoms with Crippen molar-refractivity contribution in [2.75, 3.05) is 9.80 Å². The maximum atomic E-state index is 6.19. The van der Waals surface area contributed by atoms with Gasteiger partial charge < -0.3 is 14.2 Å². The summed E-state index contributed by atoms with van der Waals surface area (Å²) in [5, 5.41) is 2.27. The van der Waals surface area contributed by atoms with Crippen LogP contribution in [0.15, 0.2) is 180 Å². The van der Waals surface area contributed by atoms with Crippen LogP contribution in [0.2, 0.25) is 0 Å². The van der Waals surface area contributed by atoms with E-state index < -0.39 is 0 Å². The second kappa shape index (κ2) is 14.9. The van der Waals surface area contributed by atoms with Gasteiger partial charge in [-0.15, -0.1) is 0 Å². The van der Waals surface area contributed by atoms with Gasteiger partial charge in [-0.05, 0) is 133 Å². The smallest absolute Gasteiger partial charge is 0.135 e. The molecule has 2 fully saturated rings. The number of benzene rings is 7. The first-order valence-electron chi connectivity index (χ1n) is 20.7. The van der Waals surface area contributed by atoms with Gasteiger partial charge in [0.15, 0.2) is 0 Å². The first-order valence-corrected chi connectivity index (χ1v) is 20.7. The predicted molar refractivity (Wildman–Crippen MR) is 235 cm³/mol. The van der Waals surface area contributed by atoms with Crippen molar-refractivity contribution in [3.8, 4) is 0 Å². The first-order chi connectivity index (χ1) is 27.7. The lowest BCUT2D eigenvalue weighted by atomic mass is 9.73. The molecule has 0 unspecified atom stereocenters. The molecule has 7 aromatic carbocycles. The SMILES string of the molecule is c1ccc(N(c2ccc(C3CCCCC3)cc2)c2ccc(C3(c4ccc(N(c5ccccc5)c5ccc6oc7ccccc7c6c5)cc4)CCCC3)cc2)cc1. The molecule has 0 atom stereocenters. The van der Waals surface area contributed by atoms with Crippen LogP contribution in [0.3, 0.4) is 0 Å². The van der Waals surface area contributed by atoms with E-state index in [2.05, 4.69) is 174 Å². The zero-order chi connectivity index (χ0) is 37.3. The molecule has 56 heavy (non-hydrogen) atoms. The lowest BCUT2D eigenvalue weighted by molar-refractivity contribution is 0.443. The summed E-state index contributed by atoms with van der Waals surface area (Å²) >= 11 is 0. The third-order valence-electron chi connectivity index (χ3n) is 12.7. The molecule has 2 aliphatic carbocycles. The largest absolute Gasteiger partial charge is 0.456 e. The fraction of sp³-hybridized carbons (Fsp3) is 0.208. The van der Waals surface area contributed by atoms with Crippen molar-refractivity contribution in [1.29, 1.82) is 0 Å². The average molecular weight is 729 g/mol. The molecule has 0 aliphatic heterocycles. The van der Waals surface area contributed by atoms with Gasteiger partial charge >= 0.3 is 0 Å². The number of hydrogen-bond donors (Lipinski definition) is 0. The Balaban J connectivity index is 0.980. The minimum Gasteiger partial charge on any atom is -0.456 e. The molecule has 0 bridgehead atoms. The van der Waals surface area contributed by atoms with Crippen LogP contribution in [-0.2, 0) is 5.41 Å². The molecule has 0 amide bonds. The van der Waals surface area contributed by atoms with E-state index in [0.29, 0.717) is 5.92 Å². The van der Waals surface area contributed by atoms with E-state index in [4.69, 9.17) is 4.42 Å². The number of hydrogen-bond acceptors (Lipinski definition) is 3. The van der Waals surface area contributed by atoms with Crippen LogP contribution >= 0.6 is 0 Å². The van der Waals surface area contributed by atoms with Crippen LogP contribution in [0.5, 0.6) is 0 Å². The summed E-state index contributed by atoms with van der Waals surface area (Å²) < 4.78 is 6.19. The molecule has 0 radical (unpaired) electrons. The van der Waals surface area contributed by atoms with Gasteiger partial charge in [-0.1, -0.05) is 123 Å². The van der Waals surface area contributed by atoms with Crippen molar-refractivity contribution in [3.63, 3.8) is 0 Å². The zero-order valence-corrected chi connectivity index (χ0v) is 32.0. The maximum Gasteiger partial charge on any atom is 0.135 e. The van der Waals surface area contributed by atoms with Crippen LogP contribution in [0, 0.1) is 0 Å². The van der Waals surface area contributed by atoms with E-state index in [-0.39, 0.29) is 5.41 Å². The van der Waals surface area contributed by atoms with E-state index in [1.807, 2.05) is 12.1 Å². The first kappa shape index (κ1) is 34.4.